The lowest BCUT2D eigenvalue weighted by molar-refractivity contribution is 0.0696. The zero-order valence-corrected chi connectivity index (χ0v) is 13.4. The van der Waals surface area contributed by atoms with E-state index >= 15 is 0 Å². The number of amides is 1. The summed E-state index contributed by atoms with van der Waals surface area (Å²) in [5.74, 6) is -0.352. The van der Waals surface area contributed by atoms with E-state index in [4.69, 9.17) is 14.6 Å². The summed E-state index contributed by atoms with van der Waals surface area (Å²) in [4.78, 5) is 23.4. The summed E-state index contributed by atoms with van der Waals surface area (Å²) >= 11 is 3.34. The number of benzene rings is 2. The van der Waals surface area contributed by atoms with Crippen molar-refractivity contribution < 1.29 is 24.2 Å². The number of hydrogen-bond acceptors (Lipinski definition) is 4. The molecule has 0 saturated carbocycles. The third-order valence-electron chi connectivity index (χ3n) is 3.24. The normalized spacial score (nSPS) is 12.6. The molecule has 23 heavy (non-hydrogen) atoms. The van der Waals surface area contributed by atoms with Crippen LogP contribution in [0.15, 0.2) is 40.9 Å². The van der Waals surface area contributed by atoms with Crippen molar-refractivity contribution >= 4 is 33.5 Å². The van der Waals surface area contributed by atoms with Gasteiger partial charge in [-0.15, -0.1) is 0 Å². The molecule has 6 nitrogen and oxygen atoms in total. The van der Waals surface area contributed by atoms with Gasteiger partial charge in [-0.2, -0.15) is 0 Å². The number of carbonyl (C=O) groups is 2. The van der Waals surface area contributed by atoms with E-state index in [0.29, 0.717) is 40.4 Å². The molecule has 0 aliphatic carbocycles. The van der Waals surface area contributed by atoms with Crippen molar-refractivity contribution in [2.75, 3.05) is 18.5 Å². The Kier molecular flexibility index (Phi) is 4.20. The van der Waals surface area contributed by atoms with Crippen LogP contribution in [0.25, 0.3) is 0 Å². The zero-order chi connectivity index (χ0) is 16.4. The van der Waals surface area contributed by atoms with E-state index in [1.807, 2.05) is 0 Å². The number of fused-ring (bicyclic) bond motifs is 1. The van der Waals surface area contributed by atoms with Crippen LogP contribution in [-0.4, -0.2) is 30.2 Å². The zero-order valence-electron chi connectivity index (χ0n) is 11.8. The molecule has 0 aromatic heterocycles. The van der Waals surface area contributed by atoms with E-state index in [2.05, 4.69) is 21.2 Å². The Morgan fingerprint density at radius 1 is 1.09 bits per heavy atom. The number of hydrogen-bond donors (Lipinski definition) is 2. The van der Waals surface area contributed by atoms with Gasteiger partial charge in [0.25, 0.3) is 5.91 Å². The molecule has 1 amide bonds. The molecule has 0 atom stereocenters. The van der Waals surface area contributed by atoms with Crippen molar-refractivity contribution in [3.63, 3.8) is 0 Å². The molecule has 0 spiro atoms. The molecular weight excluding hydrogens is 366 g/mol. The first-order valence-corrected chi connectivity index (χ1v) is 7.58. The van der Waals surface area contributed by atoms with Crippen LogP contribution in [0, 0.1) is 0 Å². The SMILES string of the molecule is O=C(O)c1cccc(NC(=O)c2cc3c(cc2Br)OCCO3)c1. The Morgan fingerprint density at radius 3 is 2.48 bits per heavy atom. The van der Waals surface area contributed by atoms with Crippen LogP contribution in [-0.2, 0) is 0 Å². The van der Waals surface area contributed by atoms with Crippen LogP contribution in [0.5, 0.6) is 11.5 Å². The summed E-state index contributed by atoms with van der Waals surface area (Å²) < 4.78 is 11.5. The molecule has 0 bridgehead atoms. The van der Waals surface area contributed by atoms with E-state index < -0.39 is 5.97 Å². The van der Waals surface area contributed by atoms with E-state index in [9.17, 15) is 9.59 Å². The molecule has 118 valence electrons. The number of ether oxygens (including phenoxy) is 2. The van der Waals surface area contributed by atoms with Crippen molar-refractivity contribution in [1.29, 1.82) is 0 Å². The third kappa shape index (κ3) is 3.29. The van der Waals surface area contributed by atoms with Gasteiger partial charge < -0.3 is 19.9 Å². The largest absolute Gasteiger partial charge is 0.486 e. The number of carbonyl (C=O) groups excluding carboxylic acids is 1. The minimum atomic E-state index is -1.05. The highest BCUT2D eigenvalue weighted by atomic mass is 79.9. The van der Waals surface area contributed by atoms with Gasteiger partial charge in [-0.05, 0) is 46.3 Å². The van der Waals surface area contributed by atoms with E-state index in [1.165, 1.54) is 12.1 Å². The molecule has 3 rings (SSSR count). The molecule has 0 unspecified atom stereocenters. The molecule has 0 radical (unpaired) electrons. The molecule has 2 N–H and O–H groups in total. The van der Waals surface area contributed by atoms with Crippen LogP contribution < -0.4 is 14.8 Å². The predicted molar refractivity (Wildman–Crippen MR) is 86.5 cm³/mol. The minimum absolute atomic E-state index is 0.101. The molecule has 1 aliphatic heterocycles. The second kappa shape index (κ2) is 6.29. The fourth-order valence-corrected chi connectivity index (χ4v) is 2.67. The number of aromatic carboxylic acids is 1. The van der Waals surface area contributed by atoms with Gasteiger partial charge in [0, 0.05) is 10.2 Å². The second-order valence-corrected chi connectivity index (χ2v) is 5.67. The van der Waals surface area contributed by atoms with Crippen molar-refractivity contribution in [3.8, 4) is 11.5 Å². The number of anilines is 1. The highest BCUT2D eigenvalue weighted by molar-refractivity contribution is 9.10. The van der Waals surface area contributed by atoms with Gasteiger partial charge >= 0.3 is 5.97 Å². The Balaban J connectivity index is 1.86. The number of carboxylic acid groups (broad SMARTS) is 1. The Labute approximate surface area is 140 Å². The first-order valence-electron chi connectivity index (χ1n) is 6.78. The topological polar surface area (TPSA) is 84.9 Å². The monoisotopic (exact) mass is 377 g/mol. The van der Waals surface area contributed by atoms with Gasteiger partial charge in [-0.25, -0.2) is 4.79 Å². The summed E-state index contributed by atoms with van der Waals surface area (Å²) in [6.07, 6.45) is 0. The summed E-state index contributed by atoms with van der Waals surface area (Å²) in [7, 11) is 0. The molecular formula is C16H12BrNO5. The minimum Gasteiger partial charge on any atom is -0.486 e. The van der Waals surface area contributed by atoms with Crippen LogP contribution in [0.1, 0.15) is 20.7 Å². The van der Waals surface area contributed by atoms with Crippen molar-refractivity contribution in [2.24, 2.45) is 0 Å². The van der Waals surface area contributed by atoms with Gasteiger partial charge in [-0.1, -0.05) is 6.07 Å². The summed E-state index contributed by atoms with van der Waals surface area (Å²) in [5.41, 5.74) is 0.871. The first kappa shape index (κ1) is 15.4. The Hall–Kier alpha value is -2.54. The first-order chi connectivity index (χ1) is 11.0. The lowest BCUT2D eigenvalue weighted by atomic mass is 10.1. The second-order valence-electron chi connectivity index (χ2n) is 4.82. The van der Waals surface area contributed by atoms with Crippen LogP contribution in [0.4, 0.5) is 5.69 Å². The van der Waals surface area contributed by atoms with E-state index in [-0.39, 0.29) is 11.5 Å². The summed E-state index contributed by atoms with van der Waals surface area (Å²) in [6, 6.07) is 9.31. The van der Waals surface area contributed by atoms with Crippen molar-refractivity contribution in [1.82, 2.24) is 0 Å². The number of nitrogens with one attached hydrogen (secondary N) is 1. The van der Waals surface area contributed by atoms with E-state index in [0.717, 1.165) is 0 Å². The maximum absolute atomic E-state index is 12.4. The molecule has 2 aromatic carbocycles. The van der Waals surface area contributed by atoms with Crippen LogP contribution in [0.3, 0.4) is 0 Å². The Morgan fingerprint density at radius 2 is 1.78 bits per heavy atom. The van der Waals surface area contributed by atoms with Gasteiger partial charge in [0.2, 0.25) is 0 Å². The smallest absolute Gasteiger partial charge is 0.335 e. The maximum Gasteiger partial charge on any atom is 0.335 e. The molecule has 0 saturated heterocycles. The lowest BCUT2D eigenvalue weighted by Crippen LogP contribution is -2.18. The summed E-state index contributed by atoms with van der Waals surface area (Å²) in [6.45, 7) is 0.892. The maximum atomic E-state index is 12.4. The average Bonchev–Trinajstić information content (AvgIpc) is 2.54. The number of carboxylic acids is 1. The highest BCUT2D eigenvalue weighted by Crippen LogP contribution is 2.35. The fourth-order valence-electron chi connectivity index (χ4n) is 2.17. The third-order valence-corrected chi connectivity index (χ3v) is 3.90. The predicted octanol–water partition coefficient (Wildman–Crippen LogP) is 3.17. The van der Waals surface area contributed by atoms with Crippen molar-refractivity contribution in [2.45, 2.75) is 0 Å². The average molecular weight is 378 g/mol. The quantitative estimate of drug-likeness (QED) is 0.857. The fraction of sp³-hybridized carbons (Fsp3) is 0.125. The van der Waals surface area contributed by atoms with Crippen LogP contribution in [0.2, 0.25) is 0 Å². The standard InChI is InChI=1S/C16H12BrNO5/c17-12-8-14-13(22-4-5-23-14)7-11(12)15(19)18-10-3-1-2-9(6-10)16(20)21/h1-3,6-8H,4-5H2,(H,18,19)(H,20,21). The van der Waals surface area contributed by atoms with Crippen molar-refractivity contribution in [3.05, 3.63) is 52.0 Å². The van der Waals surface area contributed by atoms with Crippen LogP contribution >= 0.6 is 15.9 Å². The molecule has 1 heterocycles. The number of halogens is 1. The molecule has 0 fully saturated rings. The van der Waals surface area contributed by atoms with Gasteiger partial charge in [0.1, 0.15) is 13.2 Å². The van der Waals surface area contributed by atoms with Gasteiger partial charge in [0.15, 0.2) is 11.5 Å². The molecule has 1 aliphatic rings. The Bertz CT molecular complexity index is 790. The molecule has 2 aromatic rings. The number of rotatable bonds is 3. The van der Waals surface area contributed by atoms with Gasteiger partial charge in [-0.3, -0.25) is 4.79 Å². The lowest BCUT2D eigenvalue weighted by Gasteiger charge is -2.19. The van der Waals surface area contributed by atoms with E-state index in [1.54, 1.807) is 24.3 Å². The highest BCUT2D eigenvalue weighted by Gasteiger charge is 2.19. The molecule has 7 heteroatoms. The van der Waals surface area contributed by atoms with Gasteiger partial charge in [0.05, 0.1) is 11.1 Å². The summed E-state index contributed by atoms with van der Waals surface area (Å²) in [5, 5.41) is 11.7.